The molecule has 5 heteroatoms. The minimum Gasteiger partial charge on any atom is -0.322 e. The summed E-state index contributed by atoms with van der Waals surface area (Å²) in [5.41, 5.74) is 5.50. The Hall–Kier alpha value is -2.33. The van der Waals surface area contributed by atoms with Gasteiger partial charge >= 0.3 is 0 Å². The Morgan fingerprint density at radius 2 is 1.88 bits per heavy atom. The van der Waals surface area contributed by atoms with E-state index in [0.717, 1.165) is 35.3 Å². The van der Waals surface area contributed by atoms with Gasteiger partial charge in [-0.2, -0.15) is 0 Å². The van der Waals surface area contributed by atoms with Crippen molar-refractivity contribution in [2.75, 3.05) is 16.8 Å². The first-order valence-corrected chi connectivity index (χ1v) is 8.44. The first-order valence-electron chi connectivity index (χ1n) is 8.06. The van der Waals surface area contributed by atoms with Crippen LogP contribution in [0.2, 0.25) is 5.02 Å². The molecule has 0 spiro atoms. The number of halogens is 1. The molecule has 0 fully saturated rings. The maximum Gasteiger partial charge on any atom is 0.255 e. The number of nitrogens with zero attached hydrogens (tertiary/aromatic N) is 1. The average Bonchev–Trinajstić information content (AvgIpc) is 3.00. The van der Waals surface area contributed by atoms with Crippen LogP contribution >= 0.6 is 11.6 Å². The molecule has 0 saturated heterocycles. The number of anilines is 2. The van der Waals surface area contributed by atoms with E-state index in [1.54, 1.807) is 6.07 Å². The standard InChI is InChI=1S/C19H17ClN2O2/c1-11-2-4-15(10-16(11)20)21-19(24)14-8-12-3-5-17(23)22-7-6-13(9-14)18(12)22/h2,4,8-10H,3,5-7H2,1H3,(H,21,24). The molecule has 0 saturated carbocycles. The van der Waals surface area contributed by atoms with Crippen LogP contribution in [0.4, 0.5) is 11.4 Å². The van der Waals surface area contributed by atoms with Gasteiger partial charge in [0.15, 0.2) is 0 Å². The molecule has 0 radical (unpaired) electrons. The molecule has 4 rings (SSSR count). The molecule has 0 aromatic heterocycles. The molecule has 4 nitrogen and oxygen atoms in total. The van der Waals surface area contributed by atoms with Crippen molar-refractivity contribution in [2.45, 2.75) is 26.2 Å². The monoisotopic (exact) mass is 340 g/mol. The third-order valence-electron chi connectivity index (χ3n) is 4.74. The van der Waals surface area contributed by atoms with Gasteiger partial charge in [-0.15, -0.1) is 0 Å². The topological polar surface area (TPSA) is 49.4 Å². The Kier molecular flexibility index (Phi) is 3.57. The summed E-state index contributed by atoms with van der Waals surface area (Å²) in [4.78, 5) is 26.4. The van der Waals surface area contributed by atoms with Crippen molar-refractivity contribution < 1.29 is 9.59 Å². The third-order valence-corrected chi connectivity index (χ3v) is 5.15. The summed E-state index contributed by atoms with van der Waals surface area (Å²) in [6.45, 7) is 2.64. The van der Waals surface area contributed by atoms with Crippen LogP contribution < -0.4 is 10.2 Å². The van der Waals surface area contributed by atoms with Crippen molar-refractivity contribution in [1.29, 1.82) is 0 Å². The maximum atomic E-state index is 12.6. The molecular weight excluding hydrogens is 324 g/mol. The highest BCUT2D eigenvalue weighted by Crippen LogP contribution is 2.37. The summed E-state index contributed by atoms with van der Waals surface area (Å²) >= 11 is 6.12. The summed E-state index contributed by atoms with van der Waals surface area (Å²) < 4.78 is 0. The maximum absolute atomic E-state index is 12.6. The number of amides is 2. The van der Waals surface area contributed by atoms with Crippen molar-refractivity contribution >= 4 is 34.8 Å². The first-order chi connectivity index (χ1) is 11.5. The van der Waals surface area contributed by atoms with Gasteiger partial charge in [0.05, 0.1) is 5.69 Å². The van der Waals surface area contributed by atoms with E-state index < -0.39 is 0 Å². The number of carbonyl (C=O) groups excluding carboxylic acids is 2. The van der Waals surface area contributed by atoms with E-state index >= 15 is 0 Å². The summed E-state index contributed by atoms with van der Waals surface area (Å²) in [6, 6.07) is 9.30. The lowest BCUT2D eigenvalue weighted by molar-refractivity contribution is -0.118. The molecule has 2 aromatic carbocycles. The lowest BCUT2D eigenvalue weighted by Crippen LogP contribution is -2.33. The minimum absolute atomic E-state index is 0.149. The second-order valence-electron chi connectivity index (χ2n) is 6.36. The van der Waals surface area contributed by atoms with Crippen LogP contribution in [-0.2, 0) is 17.6 Å². The number of hydrogen-bond acceptors (Lipinski definition) is 2. The second kappa shape index (κ2) is 5.64. The van der Waals surface area contributed by atoms with Crippen LogP contribution in [0.15, 0.2) is 30.3 Å². The molecule has 0 atom stereocenters. The zero-order chi connectivity index (χ0) is 16.8. The molecule has 24 heavy (non-hydrogen) atoms. The highest BCUT2D eigenvalue weighted by Gasteiger charge is 2.31. The first kappa shape index (κ1) is 15.2. The van der Waals surface area contributed by atoms with Gasteiger partial charge < -0.3 is 10.2 Å². The molecule has 0 unspecified atom stereocenters. The smallest absolute Gasteiger partial charge is 0.255 e. The largest absolute Gasteiger partial charge is 0.322 e. The van der Waals surface area contributed by atoms with Crippen molar-refractivity contribution in [1.82, 2.24) is 0 Å². The molecule has 122 valence electrons. The molecule has 0 aliphatic carbocycles. The highest BCUT2D eigenvalue weighted by molar-refractivity contribution is 6.31. The van der Waals surface area contributed by atoms with Gasteiger partial charge in [0.25, 0.3) is 5.91 Å². The Morgan fingerprint density at radius 1 is 1.12 bits per heavy atom. The summed E-state index contributed by atoms with van der Waals surface area (Å²) in [5.74, 6) is 0.0390. The molecule has 2 heterocycles. The Balaban J connectivity index is 1.64. The van der Waals surface area contributed by atoms with Gasteiger partial charge in [0.2, 0.25) is 5.91 Å². The summed E-state index contributed by atoms with van der Waals surface area (Å²) in [6.07, 6.45) is 2.03. The van der Waals surface area contributed by atoms with Crippen molar-refractivity contribution in [3.05, 3.63) is 57.6 Å². The predicted molar refractivity (Wildman–Crippen MR) is 95.0 cm³/mol. The molecule has 2 amide bonds. The predicted octanol–water partition coefficient (Wildman–Crippen LogP) is 3.74. The van der Waals surface area contributed by atoms with Crippen molar-refractivity contribution in [3.8, 4) is 0 Å². The van der Waals surface area contributed by atoms with Crippen LogP contribution in [0, 0.1) is 6.92 Å². The van der Waals surface area contributed by atoms with Crippen LogP contribution in [0.1, 0.15) is 33.5 Å². The highest BCUT2D eigenvalue weighted by atomic mass is 35.5. The zero-order valence-electron chi connectivity index (χ0n) is 13.4. The van der Waals surface area contributed by atoms with Gasteiger partial charge in [-0.3, -0.25) is 9.59 Å². The fourth-order valence-electron chi connectivity index (χ4n) is 3.46. The molecule has 2 aliphatic heterocycles. The number of aryl methyl sites for hydroxylation is 2. The number of rotatable bonds is 2. The van der Waals surface area contributed by atoms with Crippen LogP contribution in [0.3, 0.4) is 0 Å². The van der Waals surface area contributed by atoms with E-state index in [-0.39, 0.29) is 11.8 Å². The van der Waals surface area contributed by atoms with Gasteiger partial charge in [-0.05, 0) is 60.7 Å². The van der Waals surface area contributed by atoms with Crippen molar-refractivity contribution in [2.24, 2.45) is 0 Å². The number of hydrogen-bond donors (Lipinski definition) is 1. The fraction of sp³-hybridized carbons (Fsp3) is 0.263. The number of benzene rings is 2. The quantitative estimate of drug-likeness (QED) is 0.905. The van der Waals surface area contributed by atoms with Gasteiger partial charge in [0.1, 0.15) is 0 Å². The lowest BCUT2D eigenvalue weighted by atomic mass is 9.96. The van der Waals surface area contributed by atoms with E-state index in [2.05, 4.69) is 5.32 Å². The lowest BCUT2D eigenvalue weighted by Gasteiger charge is -2.25. The summed E-state index contributed by atoms with van der Waals surface area (Å²) in [5, 5.41) is 3.53. The minimum atomic E-state index is -0.149. The summed E-state index contributed by atoms with van der Waals surface area (Å²) in [7, 11) is 0. The van der Waals surface area contributed by atoms with Gasteiger partial charge in [0, 0.05) is 29.2 Å². The van der Waals surface area contributed by atoms with Gasteiger partial charge in [-0.25, -0.2) is 0 Å². The molecule has 1 N–H and O–H groups in total. The second-order valence-corrected chi connectivity index (χ2v) is 6.76. The van der Waals surface area contributed by atoms with Crippen molar-refractivity contribution in [3.63, 3.8) is 0 Å². The van der Waals surface area contributed by atoms with E-state index in [1.807, 2.05) is 36.1 Å². The van der Waals surface area contributed by atoms with E-state index in [1.165, 1.54) is 0 Å². The van der Waals surface area contributed by atoms with E-state index in [0.29, 0.717) is 29.1 Å². The van der Waals surface area contributed by atoms with E-state index in [4.69, 9.17) is 11.6 Å². The normalized spacial score (nSPS) is 15.4. The van der Waals surface area contributed by atoms with Gasteiger partial charge in [-0.1, -0.05) is 17.7 Å². The van der Waals surface area contributed by atoms with Crippen LogP contribution in [-0.4, -0.2) is 18.4 Å². The SMILES string of the molecule is Cc1ccc(NC(=O)c2cc3c4c(c2)CCN4C(=O)CC3)cc1Cl. The zero-order valence-corrected chi connectivity index (χ0v) is 14.1. The Morgan fingerprint density at radius 3 is 2.62 bits per heavy atom. The average molecular weight is 341 g/mol. The van der Waals surface area contributed by atoms with Crippen LogP contribution in [0.25, 0.3) is 0 Å². The fourth-order valence-corrected chi connectivity index (χ4v) is 3.64. The van der Waals surface area contributed by atoms with E-state index in [9.17, 15) is 9.59 Å². The molecular formula is C19H17ClN2O2. The number of carbonyl (C=O) groups is 2. The Bertz CT molecular complexity index is 876. The Labute approximate surface area is 145 Å². The van der Waals surface area contributed by atoms with Crippen LogP contribution in [0.5, 0.6) is 0 Å². The molecule has 0 bridgehead atoms. The molecule has 2 aliphatic rings. The molecule has 2 aromatic rings. The number of nitrogens with one attached hydrogen (secondary N) is 1. The third kappa shape index (κ3) is 2.47.